The van der Waals surface area contributed by atoms with Crippen LogP contribution < -0.4 is 10.0 Å². The molecule has 1 rings (SSSR count). The van der Waals surface area contributed by atoms with Gasteiger partial charge in [0.15, 0.2) is 0 Å². The summed E-state index contributed by atoms with van der Waals surface area (Å²) in [7, 11) is -3.82. The van der Waals surface area contributed by atoms with Crippen LogP contribution in [0.3, 0.4) is 0 Å². The molecule has 0 bridgehead atoms. The van der Waals surface area contributed by atoms with Crippen LogP contribution in [0.25, 0.3) is 0 Å². The Bertz CT molecular complexity index is 385. The SMILES string of the molecule is CCNCC1CCCCN1S(=O)(=O)NC(=O)OCC. The van der Waals surface area contributed by atoms with Gasteiger partial charge in [-0.25, -0.2) is 9.52 Å². The van der Waals surface area contributed by atoms with E-state index in [4.69, 9.17) is 0 Å². The highest BCUT2D eigenvalue weighted by Gasteiger charge is 2.33. The molecule has 19 heavy (non-hydrogen) atoms. The van der Waals surface area contributed by atoms with Crippen molar-refractivity contribution >= 4 is 16.3 Å². The maximum atomic E-state index is 12.1. The number of nitrogens with zero attached hydrogens (tertiary/aromatic N) is 1. The van der Waals surface area contributed by atoms with Crippen molar-refractivity contribution in [3.05, 3.63) is 0 Å². The number of carbonyl (C=O) groups is 1. The second-order valence-electron chi connectivity index (χ2n) is 4.40. The predicted octanol–water partition coefficient (Wildman–Crippen LogP) is 0.441. The molecule has 2 N–H and O–H groups in total. The highest BCUT2D eigenvalue weighted by atomic mass is 32.2. The first-order valence-electron chi connectivity index (χ1n) is 6.68. The molecule has 0 aromatic heterocycles. The summed E-state index contributed by atoms with van der Waals surface area (Å²) < 4.78 is 32.2. The molecule has 112 valence electrons. The molecule has 0 radical (unpaired) electrons. The fourth-order valence-electron chi connectivity index (χ4n) is 2.13. The highest BCUT2D eigenvalue weighted by Crippen LogP contribution is 2.19. The lowest BCUT2D eigenvalue weighted by molar-refractivity contribution is 0.157. The zero-order chi connectivity index (χ0) is 14.3. The molecule has 1 aliphatic rings. The second-order valence-corrected chi connectivity index (χ2v) is 6.02. The van der Waals surface area contributed by atoms with Gasteiger partial charge in [0, 0.05) is 19.1 Å². The molecule has 0 aliphatic carbocycles. The van der Waals surface area contributed by atoms with Crippen LogP contribution in [0.1, 0.15) is 33.1 Å². The third kappa shape index (κ3) is 4.96. The lowest BCUT2D eigenvalue weighted by Gasteiger charge is -2.34. The zero-order valence-electron chi connectivity index (χ0n) is 11.5. The van der Waals surface area contributed by atoms with Gasteiger partial charge in [-0.1, -0.05) is 13.3 Å². The molecular formula is C11H23N3O4S. The van der Waals surface area contributed by atoms with E-state index in [1.165, 1.54) is 4.31 Å². The molecule has 8 heteroatoms. The fourth-order valence-corrected chi connectivity index (χ4v) is 3.46. The van der Waals surface area contributed by atoms with Gasteiger partial charge >= 0.3 is 16.3 Å². The third-order valence-electron chi connectivity index (χ3n) is 3.00. The minimum atomic E-state index is -3.82. The summed E-state index contributed by atoms with van der Waals surface area (Å²) in [6.07, 6.45) is 1.69. The van der Waals surface area contributed by atoms with Crippen molar-refractivity contribution in [1.29, 1.82) is 0 Å². The Morgan fingerprint density at radius 1 is 1.37 bits per heavy atom. The number of piperidine rings is 1. The molecule has 1 fully saturated rings. The van der Waals surface area contributed by atoms with E-state index in [1.807, 2.05) is 11.6 Å². The van der Waals surface area contributed by atoms with Crippen LogP contribution in [-0.4, -0.2) is 51.1 Å². The van der Waals surface area contributed by atoms with Crippen molar-refractivity contribution in [3.8, 4) is 0 Å². The van der Waals surface area contributed by atoms with Gasteiger partial charge in [0.05, 0.1) is 6.61 Å². The Hall–Kier alpha value is -0.860. The summed E-state index contributed by atoms with van der Waals surface area (Å²) in [5.41, 5.74) is 0. The van der Waals surface area contributed by atoms with E-state index in [9.17, 15) is 13.2 Å². The number of nitrogens with one attached hydrogen (secondary N) is 2. The molecular weight excluding hydrogens is 270 g/mol. The standard InChI is InChI=1S/C11H23N3O4S/c1-3-12-9-10-7-5-6-8-14(10)19(16,17)13-11(15)18-4-2/h10,12H,3-9H2,1-2H3,(H,13,15). The van der Waals surface area contributed by atoms with Crippen LogP contribution in [0.15, 0.2) is 0 Å². The van der Waals surface area contributed by atoms with Gasteiger partial charge in [0.2, 0.25) is 0 Å². The van der Waals surface area contributed by atoms with E-state index in [2.05, 4.69) is 10.1 Å². The van der Waals surface area contributed by atoms with Crippen molar-refractivity contribution in [2.75, 3.05) is 26.2 Å². The maximum absolute atomic E-state index is 12.1. The topological polar surface area (TPSA) is 87.7 Å². The predicted molar refractivity (Wildman–Crippen MR) is 72.0 cm³/mol. The van der Waals surface area contributed by atoms with Crippen molar-refractivity contribution < 1.29 is 17.9 Å². The highest BCUT2D eigenvalue weighted by molar-refractivity contribution is 7.87. The monoisotopic (exact) mass is 293 g/mol. The smallest absolute Gasteiger partial charge is 0.421 e. The number of ether oxygens (including phenoxy) is 1. The van der Waals surface area contributed by atoms with Crippen molar-refractivity contribution in [2.45, 2.75) is 39.2 Å². The summed E-state index contributed by atoms with van der Waals surface area (Å²) >= 11 is 0. The molecule has 1 heterocycles. The average Bonchev–Trinajstić information content (AvgIpc) is 2.36. The summed E-state index contributed by atoms with van der Waals surface area (Å²) in [6, 6.07) is -0.111. The number of rotatable bonds is 6. The molecule has 7 nitrogen and oxygen atoms in total. The molecule has 0 aromatic carbocycles. The van der Waals surface area contributed by atoms with Crippen LogP contribution in [-0.2, 0) is 14.9 Å². The van der Waals surface area contributed by atoms with E-state index in [-0.39, 0.29) is 12.6 Å². The summed E-state index contributed by atoms with van der Waals surface area (Å²) in [5.74, 6) is 0. The summed E-state index contributed by atoms with van der Waals surface area (Å²) in [5, 5.41) is 3.15. The number of likely N-dealkylation sites (N-methyl/N-ethyl adjacent to an activating group) is 1. The van der Waals surface area contributed by atoms with Gasteiger partial charge in [-0.3, -0.25) is 0 Å². The molecule has 0 spiro atoms. The van der Waals surface area contributed by atoms with Crippen LogP contribution in [0.4, 0.5) is 4.79 Å². The number of carbonyl (C=O) groups excluding carboxylic acids is 1. The Kier molecular flexibility index (Phi) is 6.53. The van der Waals surface area contributed by atoms with Gasteiger partial charge in [-0.2, -0.15) is 12.7 Å². The Morgan fingerprint density at radius 2 is 2.11 bits per heavy atom. The number of hydrogen-bond donors (Lipinski definition) is 2. The fraction of sp³-hybridized carbons (Fsp3) is 0.909. The van der Waals surface area contributed by atoms with Crippen LogP contribution in [0.2, 0.25) is 0 Å². The van der Waals surface area contributed by atoms with E-state index in [0.29, 0.717) is 13.1 Å². The van der Waals surface area contributed by atoms with E-state index in [0.717, 1.165) is 25.8 Å². The van der Waals surface area contributed by atoms with Crippen molar-refractivity contribution in [2.24, 2.45) is 0 Å². The van der Waals surface area contributed by atoms with E-state index < -0.39 is 16.3 Å². The third-order valence-corrected chi connectivity index (χ3v) is 4.52. The first-order chi connectivity index (χ1) is 9.01. The minimum Gasteiger partial charge on any atom is -0.449 e. The van der Waals surface area contributed by atoms with Gasteiger partial charge in [0.1, 0.15) is 0 Å². The van der Waals surface area contributed by atoms with Crippen molar-refractivity contribution in [1.82, 2.24) is 14.3 Å². The Labute approximate surface area is 114 Å². The molecule has 1 saturated heterocycles. The van der Waals surface area contributed by atoms with Gasteiger partial charge in [-0.15, -0.1) is 0 Å². The molecule has 1 atom stereocenters. The maximum Gasteiger partial charge on any atom is 0.421 e. The number of amides is 1. The van der Waals surface area contributed by atoms with Crippen LogP contribution in [0, 0.1) is 0 Å². The number of hydrogen-bond acceptors (Lipinski definition) is 5. The second kappa shape index (κ2) is 7.66. The van der Waals surface area contributed by atoms with Gasteiger partial charge < -0.3 is 10.1 Å². The Morgan fingerprint density at radius 3 is 2.74 bits per heavy atom. The van der Waals surface area contributed by atoms with Gasteiger partial charge in [0.25, 0.3) is 0 Å². The van der Waals surface area contributed by atoms with Crippen molar-refractivity contribution in [3.63, 3.8) is 0 Å². The Balaban J connectivity index is 2.69. The largest absolute Gasteiger partial charge is 0.449 e. The zero-order valence-corrected chi connectivity index (χ0v) is 12.3. The lowest BCUT2D eigenvalue weighted by Crippen LogP contribution is -2.53. The summed E-state index contributed by atoms with van der Waals surface area (Å²) in [4.78, 5) is 11.3. The molecule has 1 amide bonds. The molecule has 1 unspecified atom stereocenters. The van der Waals surface area contributed by atoms with Crippen LogP contribution >= 0.6 is 0 Å². The van der Waals surface area contributed by atoms with Gasteiger partial charge in [-0.05, 0) is 26.3 Å². The van der Waals surface area contributed by atoms with E-state index in [1.54, 1.807) is 6.92 Å². The quantitative estimate of drug-likeness (QED) is 0.742. The molecule has 0 saturated carbocycles. The normalized spacial score (nSPS) is 21.1. The molecule has 1 aliphatic heterocycles. The lowest BCUT2D eigenvalue weighted by atomic mass is 10.1. The molecule has 0 aromatic rings. The summed E-state index contributed by atoms with van der Waals surface area (Å²) in [6.45, 7) is 5.56. The first kappa shape index (κ1) is 16.2. The first-order valence-corrected chi connectivity index (χ1v) is 8.12. The van der Waals surface area contributed by atoms with E-state index >= 15 is 0 Å². The average molecular weight is 293 g/mol. The van der Waals surface area contributed by atoms with Crippen LogP contribution in [0.5, 0.6) is 0 Å². The minimum absolute atomic E-state index is 0.111.